The summed E-state index contributed by atoms with van der Waals surface area (Å²) in [4.78, 5) is 11.8. The summed E-state index contributed by atoms with van der Waals surface area (Å²) in [6.07, 6.45) is 6.80. The summed E-state index contributed by atoms with van der Waals surface area (Å²) in [7, 11) is 0. The number of benzene rings is 1. The van der Waals surface area contributed by atoms with Gasteiger partial charge in [0.05, 0.1) is 0 Å². The largest absolute Gasteiger partial charge is 0.508 e. The smallest absolute Gasteiger partial charge is 0.316 e. The fraction of sp³-hybridized carbons (Fsp3) is 0.650. The Balaban J connectivity index is 1.60. The third-order valence-electron chi connectivity index (χ3n) is 7.01. The first kappa shape index (κ1) is 16.4. The van der Waals surface area contributed by atoms with Crippen molar-refractivity contribution in [2.45, 2.75) is 57.5 Å². The van der Waals surface area contributed by atoms with Gasteiger partial charge in [-0.2, -0.15) is 0 Å². The highest BCUT2D eigenvalue weighted by molar-refractivity contribution is 9.09. The van der Waals surface area contributed by atoms with Crippen LogP contribution in [0.5, 0.6) is 5.75 Å². The molecule has 4 heteroatoms. The zero-order valence-electron chi connectivity index (χ0n) is 14.1. The van der Waals surface area contributed by atoms with Crippen LogP contribution < -0.4 is 0 Å². The molecule has 0 aliphatic heterocycles. The Morgan fingerprint density at radius 2 is 2.17 bits per heavy atom. The Morgan fingerprint density at radius 1 is 1.33 bits per heavy atom. The predicted molar refractivity (Wildman–Crippen MR) is 96.4 cm³/mol. The number of fused-ring (bicyclic) bond motifs is 5. The molecule has 1 aromatic carbocycles. The number of carbonyl (C=O) groups is 1. The third kappa shape index (κ3) is 2.49. The third-order valence-corrected chi connectivity index (χ3v) is 7.46. The number of aromatic hydroxyl groups is 1. The highest BCUT2D eigenvalue weighted by atomic mass is 79.9. The van der Waals surface area contributed by atoms with Gasteiger partial charge in [-0.25, -0.2) is 0 Å². The lowest BCUT2D eigenvalue weighted by Gasteiger charge is -2.50. The van der Waals surface area contributed by atoms with Crippen molar-refractivity contribution >= 4 is 21.9 Å². The number of phenolic OH excluding ortho intramolecular Hbond substituents is 1. The number of esters is 1. The molecule has 3 aliphatic carbocycles. The van der Waals surface area contributed by atoms with Crippen LogP contribution in [-0.4, -0.2) is 22.5 Å². The molecule has 3 aliphatic rings. The molecule has 2 saturated carbocycles. The molecular formula is C20H25BrO3. The fourth-order valence-electron chi connectivity index (χ4n) is 5.90. The first-order valence-electron chi connectivity index (χ1n) is 9.10. The van der Waals surface area contributed by atoms with E-state index in [-0.39, 0.29) is 22.8 Å². The molecule has 2 fully saturated rings. The van der Waals surface area contributed by atoms with Gasteiger partial charge in [0, 0.05) is 5.41 Å². The molecule has 0 saturated heterocycles. The highest BCUT2D eigenvalue weighted by Crippen LogP contribution is 2.61. The van der Waals surface area contributed by atoms with Crippen LogP contribution in [0.2, 0.25) is 0 Å². The Morgan fingerprint density at radius 3 is 2.96 bits per heavy atom. The van der Waals surface area contributed by atoms with E-state index in [1.54, 1.807) is 0 Å². The lowest BCUT2D eigenvalue weighted by atomic mass is 9.55. The molecule has 0 heterocycles. The molecule has 0 spiro atoms. The topological polar surface area (TPSA) is 46.5 Å². The maximum absolute atomic E-state index is 11.8. The van der Waals surface area contributed by atoms with E-state index in [1.165, 1.54) is 24.0 Å². The minimum Gasteiger partial charge on any atom is -0.508 e. The van der Waals surface area contributed by atoms with Crippen LogP contribution in [-0.2, 0) is 16.0 Å². The molecule has 4 rings (SSSR count). The lowest BCUT2D eigenvalue weighted by molar-refractivity contribution is -0.154. The SMILES string of the molecule is C[C@]12CCC3c4ccc(O)cc4CCC3C1CC[C@@H]2OC(=O)CBr. The van der Waals surface area contributed by atoms with Crippen molar-refractivity contribution in [2.75, 3.05) is 5.33 Å². The second kappa shape index (κ2) is 6.05. The van der Waals surface area contributed by atoms with Crippen molar-refractivity contribution in [3.63, 3.8) is 0 Å². The van der Waals surface area contributed by atoms with Crippen LogP contribution in [0.1, 0.15) is 56.1 Å². The quantitative estimate of drug-likeness (QED) is 0.592. The molecule has 0 aromatic heterocycles. The summed E-state index contributed by atoms with van der Waals surface area (Å²) in [5.41, 5.74) is 2.92. The number of ether oxygens (including phenoxy) is 1. The van der Waals surface area contributed by atoms with Crippen LogP contribution in [0.25, 0.3) is 0 Å². The summed E-state index contributed by atoms with van der Waals surface area (Å²) in [5.74, 6) is 2.20. The van der Waals surface area contributed by atoms with Gasteiger partial charge < -0.3 is 9.84 Å². The molecule has 0 bridgehead atoms. The van der Waals surface area contributed by atoms with Gasteiger partial charge in [0.25, 0.3) is 0 Å². The summed E-state index contributed by atoms with van der Waals surface area (Å²) < 4.78 is 5.78. The van der Waals surface area contributed by atoms with E-state index in [2.05, 4.69) is 28.9 Å². The maximum Gasteiger partial charge on any atom is 0.316 e. The predicted octanol–water partition coefficient (Wildman–Crippen LogP) is 4.56. The Hall–Kier alpha value is -1.03. The molecule has 5 atom stereocenters. The molecule has 3 unspecified atom stereocenters. The Labute approximate surface area is 151 Å². The summed E-state index contributed by atoms with van der Waals surface area (Å²) in [6.45, 7) is 2.35. The van der Waals surface area contributed by atoms with Gasteiger partial charge in [-0.3, -0.25) is 4.79 Å². The zero-order chi connectivity index (χ0) is 16.9. The minimum atomic E-state index is -0.131. The number of hydrogen-bond acceptors (Lipinski definition) is 3. The average Bonchev–Trinajstić information content (AvgIpc) is 2.90. The first-order chi connectivity index (χ1) is 11.5. The Bertz CT molecular complexity index is 658. The second-order valence-electron chi connectivity index (χ2n) is 8.03. The fourth-order valence-corrected chi connectivity index (χ4v) is 6.04. The van der Waals surface area contributed by atoms with Crippen molar-refractivity contribution in [3.05, 3.63) is 29.3 Å². The zero-order valence-corrected chi connectivity index (χ0v) is 15.7. The highest BCUT2D eigenvalue weighted by Gasteiger charge is 2.56. The first-order valence-corrected chi connectivity index (χ1v) is 10.2. The van der Waals surface area contributed by atoms with E-state index < -0.39 is 0 Å². The van der Waals surface area contributed by atoms with Crippen LogP contribution in [0.4, 0.5) is 0 Å². The van der Waals surface area contributed by atoms with Crippen molar-refractivity contribution in [1.82, 2.24) is 0 Å². The Kier molecular flexibility index (Phi) is 4.14. The molecule has 0 amide bonds. The number of carbonyl (C=O) groups excluding carboxylic acids is 1. The van der Waals surface area contributed by atoms with Crippen molar-refractivity contribution < 1.29 is 14.6 Å². The van der Waals surface area contributed by atoms with E-state index in [1.807, 2.05) is 12.1 Å². The molecule has 0 radical (unpaired) electrons. The number of rotatable bonds is 2. The van der Waals surface area contributed by atoms with Crippen molar-refractivity contribution in [1.29, 1.82) is 0 Å². The van der Waals surface area contributed by atoms with E-state index in [4.69, 9.17) is 4.74 Å². The van der Waals surface area contributed by atoms with Gasteiger partial charge in [-0.1, -0.05) is 28.9 Å². The number of halogens is 1. The molecule has 3 nitrogen and oxygen atoms in total. The molecule has 24 heavy (non-hydrogen) atoms. The maximum atomic E-state index is 11.8. The molecule has 1 aromatic rings. The van der Waals surface area contributed by atoms with E-state index in [0.29, 0.717) is 23.5 Å². The minimum absolute atomic E-state index is 0.0784. The lowest BCUT2D eigenvalue weighted by Crippen LogP contribution is -2.45. The number of alkyl halides is 1. The van der Waals surface area contributed by atoms with Gasteiger partial charge in [0.1, 0.15) is 17.2 Å². The van der Waals surface area contributed by atoms with Crippen LogP contribution in [0, 0.1) is 17.3 Å². The van der Waals surface area contributed by atoms with Gasteiger partial charge in [-0.05, 0) is 79.5 Å². The number of phenols is 1. The van der Waals surface area contributed by atoms with Gasteiger partial charge in [-0.15, -0.1) is 0 Å². The average molecular weight is 393 g/mol. The second-order valence-corrected chi connectivity index (χ2v) is 8.59. The number of aryl methyl sites for hydroxylation is 1. The van der Waals surface area contributed by atoms with Crippen LogP contribution >= 0.6 is 15.9 Å². The summed E-state index contributed by atoms with van der Waals surface area (Å²) in [5, 5.41) is 10.1. The van der Waals surface area contributed by atoms with Crippen LogP contribution in [0.15, 0.2) is 18.2 Å². The van der Waals surface area contributed by atoms with E-state index in [0.717, 1.165) is 25.7 Å². The monoisotopic (exact) mass is 392 g/mol. The van der Waals surface area contributed by atoms with Gasteiger partial charge in [0.15, 0.2) is 0 Å². The van der Waals surface area contributed by atoms with Gasteiger partial charge in [0.2, 0.25) is 0 Å². The molecular weight excluding hydrogens is 368 g/mol. The van der Waals surface area contributed by atoms with Crippen molar-refractivity contribution in [3.8, 4) is 5.75 Å². The normalized spacial score (nSPS) is 37.2. The standard InChI is InChI=1S/C20H25BrO3/c1-20-9-8-15-14-5-3-13(22)10-12(14)2-4-16(15)17(20)6-7-18(20)24-19(23)11-21/h3,5,10,15-18,22H,2,4,6-9,11H2,1H3/t15?,16?,17?,18-,20-/m0/s1. The van der Waals surface area contributed by atoms with Crippen molar-refractivity contribution in [2.24, 2.45) is 17.3 Å². The van der Waals surface area contributed by atoms with E-state index in [9.17, 15) is 9.90 Å². The van der Waals surface area contributed by atoms with E-state index >= 15 is 0 Å². The molecule has 1 N–H and O–H groups in total. The summed E-state index contributed by atoms with van der Waals surface area (Å²) >= 11 is 3.21. The number of hydrogen-bond donors (Lipinski definition) is 1. The summed E-state index contributed by atoms with van der Waals surface area (Å²) in [6, 6.07) is 5.93. The molecule has 130 valence electrons. The van der Waals surface area contributed by atoms with Gasteiger partial charge >= 0.3 is 5.97 Å². The van der Waals surface area contributed by atoms with Crippen LogP contribution in [0.3, 0.4) is 0 Å².